The number of nitrogens with one attached hydrogen (secondary N) is 1. The van der Waals surface area contributed by atoms with Gasteiger partial charge in [-0.2, -0.15) is 0 Å². The van der Waals surface area contributed by atoms with Gasteiger partial charge >= 0.3 is 0 Å². The van der Waals surface area contributed by atoms with Crippen molar-refractivity contribution < 1.29 is 0 Å². The molecule has 1 N–H and O–H groups in total. The summed E-state index contributed by atoms with van der Waals surface area (Å²) in [4.78, 5) is 0. The summed E-state index contributed by atoms with van der Waals surface area (Å²) in [6.45, 7) is 7.95. The standard InChI is InChI=1S/C15H23N/c1-11-7-12(2)9-14(8-11)10-15-13(3)5-4-6-16-15/h7-9,13,15-16H,4-6,10H2,1-3H3. The third-order valence-electron chi connectivity index (χ3n) is 3.67. The molecule has 1 aliphatic rings. The fourth-order valence-electron chi connectivity index (χ4n) is 2.83. The second kappa shape index (κ2) is 5.01. The summed E-state index contributed by atoms with van der Waals surface area (Å²) >= 11 is 0. The lowest BCUT2D eigenvalue weighted by Gasteiger charge is -2.30. The predicted octanol–water partition coefficient (Wildman–Crippen LogP) is 3.23. The monoisotopic (exact) mass is 217 g/mol. The second-order valence-corrected chi connectivity index (χ2v) is 5.38. The Bertz CT molecular complexity index is 336. The maximum atomic E-state index is 3.66. The van der Waals surface area contributed by atoms with Crippen LogP contribution in [0.5, 0.6) is 0 Å². The van der Waals surface area contributed by atoms with E-state index in [2.05, 4.69) is 44.3 Å². The molecule has 0 bridgehead atoms. The van der Waals surface area contributed by atoms with Crippen molar-refractivity contribution in [2.45, 2.75) is 46.1 Å². The third-order valence-corrected chi connectivity index (χ3v) is 3.67. The van der Waals surface area contributed by atoms with Crippen LogP contribution in [0.4, 0.5) is 0 Å². The zero-order valence-corrected chi connectivity index (χ0v) is 10.7. The van der Waals surface area contributed by atoms with E-state index in [9.17, 15) is 0 Å². The lowest BCUT2D eigenvalue weighted by Crippen LogP contribution is -2.41. The van der Waals surface area contributed by atoms with Gasteiger partial charge in [-0.3, -0.25) is 0 Å². The van der Waals surface area contributed by atoms with Crippen LogP contribution in [0.25, 0.3) is 0 Å². The van der Waals surface area contributed by atoms with Crippen molar-refractivity contribution in [1.82, 2.24) is 5.32 Å². The first-order valence-corrected chi connectivity index (χ1v) is 6.46. The molecular formula is C15H23N. The SMILES string of the molecule is Cc1cc(C)cc(CC2NCCCC2C)c1. The molecule has 0 aliphatic carbocycles. The largest absolute Gasteiger partial charge is 0.313 e. The maximum Gasteiger partial charge on any atom is 0.0133 e. The molecule has 1 saturated heterocycles. The number of hydrogen-bond acceptors (Lipinski definition) is 1. The van der Waals surface area contributed by atoms with E-state index in [4.69, 9.17) is 0 Å². The Hall–Kier alpha value is -0.820. The Morgan fingerprint density at radius 2 is 1.88 bits per heavy atom. The van der Waals surface area contributed by atoms with Gasteiger partial charge in [0.05, 0.1) is 0 Å². The Morgan fingerprint density at radius 1 is 1.19 bits per heavy atom. The van der Waals surface area contributed by atoms with Gasteiger partial charge < -0.3 is 5.32 Å². The fraction of sp³-hybridized carbons (Fsp3) is 0.600. The topological polar surface area (TPSA) is 12.0 Å². The van der Waals surface area contributed by atoms with E-state index in [1.165, 1.54) is 42.5 Å². The Morgan fingerprint density at radius 3 is 2.50 bits per heavy atom. The molecule has 1 aliphatic heterocycles. The van der Waals surface area contributed by atoms with Crippen LogP contribution in [0.3, 0.4) is 0 Å². The molecule has 1 heteroatoms. The smallest absolute Gasteiger partial charge is 0.0133 e. The van der Waals surface area contributed by atoms with Crippen LogP contribution in [0, 0.1) is 19.8 Å². The minimum absolute atomic E-state index is 0.676. The van der Waals surface area contributed by atoms with Crippen LogP contribution in [0.1, 0.15) is 36.5 Å². The molecule has 1 fully saturated rings. The zero-order chi connectivity index (χ0) is 11.5. The van der Waals surface area contributed by atoms with Crippen LogP contribution >= 0.6 is 0 Å². The molecule has 0 saturated carbocycles. The quantitative estimate of drug-likeness (QED) is 0.802. The number of hydrogen-bond donors (Lipinski definition) is 1. The average molecular weight is 217 g/mol. The van der Waals surface area contributed by atoms with Gasteiger partial charge in [0.2, 0.25) is 0 Å². The molecule has 0 spiro atoms. The van der Waals surface area contributed by atoms with E-state index in [-0.39, 0.29) is 0 Å². The lowest BCUT2D eigenvalue weighted by atomic mass is 9.88. The van der Waals surface area contributed by atoms with E-state index in [1.54, 1.807) is 0 Å². The average Bonchev–Trinajstić information content (AvgIpc) is 2.20. The predicted molar refractivity (Wildman–Crippen MR) is 69.8 cm³/mol. The first-order chi connectivity index (χ1) is 7.65. The van der Waals surface area contributed by atoms with Crippen molar-refractivity contribution in [3.05, 3.63) is 34.9 Å². The van der Waals surface area contributed by atoms with Gasteiger partial charge in [0.1, 0.15) is 0 Å². The molecule has 0 radical (unpaired) electrons. The highest BCUT2D eigenvalue weighted by molar-refractivity contribution is 5.29. The van der Waals surface area contributed by atoms with E-state index in [0.717, 1.165) is 5.92 Å². The summed E-state index contributed by atoms with van der Waals surface area (Å²) in [5, 5.41) is 3.66. The molecule has 2 rings (SSSR count). The molecule has 1 aromatic carbocycles. The first kappa shape index (κ1) is 11.7. The summed E-state index contributed by atoms with van der Waals surface area (Å²) in [6.07, 6.45) is 3.90. The van der Waals surface area contributed by atoms with Crippen molar-refractivity contribution in [3.63, 3.8) is 0 Å². The van der Waals surface area contributed by atoms with Crippen molar-refractivity contribution in [2.75, 3.05) is 6.54 Å². The van der Waals surface area contributed by atoms with Crippen LogP contribution in [-0.2, 0) is 6.42 Å². The van der Waals surface area contributed by atoms with Crippen molar-refractivity contribution in [3.8, 4) is 0 Å². The highest BCUT2D eigenvalue weighted by Crippen LogP contribution is 2.20. The molecule has 1 heterocycles. The van der Waals surface area contributed by atoms with Gasteiger partial charge in [-0.15, -0.1) is 0 Å². The van der Waals surface area contributed by atoms with E-state index >= 15 is 0 Å². The normalized spacial score (nSPS) is 25.7. The molecule has 2 atom stereocenters. The maximum absolute atomic E-state index is 3.66. The van der Waals surface area contributed by atoms with E-state index in [0.29, 0.717) is 6.04 Å². The molecule has 16 heavy (non-hydrogen) atoms. The van der Waals surface area contributed by atoms with Crippen molar-refractivity contribution in [1.29, 1.82) is 0 Å². The minimum Gasteiger partial charge on any atom is -0.313 e. The van der Waals surface area contributed by atoms with Crippen LogP contribution in [0.15, 0.2) is 18.2 Å². The molecule has 0 amide bonds. The summed E-state index contributed by atoms with van der Waals surface area (Å²) < 4.78 is 0. The first-order valence-electron chi connectivity index (χ1n) is 6.46. The molecular weight excluding hydrogens is 194 g/mol. The van der Waals surface area contributed by atoms with Crippen LogP contribution < -0.4 is 5.32 Å². The minimum atomic E-state index is 0.676. The second-order valence-electron chi connectivity index (χ2n) is 5.38. The van der Waals surface area contributed by atoms with Crippen LogP contribution in [-0.4, -0.2) is 12.6 Å². The number of piperidine rings is 1. The Balaban J connectivity index is 2.07. The number of rotatable bonds is 2. The van der Waals surface area contributed by atoms with Crippen molar-refractivity contribution in [2.24, 2.45) is 5.92 Å². The van der Waals surface area contributed by atoms with Gasteiger partial charge in [0.25, 0.3) is 0 Å². The third kappa shape index (κ3) is 2.85. The molecule has 0 aromatic heterocycles. The van der Waals surface area contributed by atoms with Gasteiger partial charge in [-0.1, -0.05) is 36.2 Å². The summed E-state index contributed by atoms with van der Waals surface area (Å²) in [6, 6.07) is 7.59. The van der Waals surface area contributed by atoms with Crippen LogP contribution in [0.2, 0.25) is 0 Å². The Labute approximate surface area is 99.3 Å². The van der Waals surface area contributed by atoms with Gasteiger partial charge in [-0.25, -0.2) is 0 Å². The summed E-state index contributed by atoms with van der Waals surface area (Å²) in [5.41, 5.74) is 4.26. The van der Waals surface area contributed by atoms with Crippen molar-refractivity contribution >= 4 is 0 Å². The van der Waals surface area contributed by atoms with E-state index < -0.39 is 0 Å². The summed E-state index contributed by atoms with van der Waals surface area (Å²) in [7, 11) is 0. The molecule has 2 unspecified atom stereocenters. The highest BCUT2D eigenvalue weighted by Gasteiger charge is 2.20. The molecule has 88 valence electrons. The highest BCUT2D eigenvalue weighted by atomic mass is 14.9. The number of aryl methyl sites for hydroxylation is 2. The van der Waals surface area contributed by atoms with Gasteiger partial charge in [-0.05, 0) is 51.1 Å². The fourth-order valence-corrected chi connectivity index (χ4v) is 2.83. The lowest BCUT2D eigenvalue weighted by molar-refractivity contribution is 0.298. The summed E-state index contributed by atoms with van der Waals surface area (Å²) in [5.74, 6) is 0.814. The zero-order valence-electron chi connectivity index (χ0n) is 10.7. The van der Waals surface area contributed by atoms with E-state index in [1.807, 2.05) is 0 Å². The molecule has 1 aromatic rings. The Kier molecular flexibility index (Phi) is 3.65. The van der Waals surface area contributed by atoms with Gasteiger partial charge in [0, 0.05) is 6.04 Å². The molecule has 1 nitrogen and oxygen atoms in total. The number of benzene rings is 1. The van der Waals surface area contributed by atoms with Gasteiger partial charge in [0.15, 0.2) is 0 Å².